The SMILES string of the molecule is CCOC(=O)C(C)CNCC(C)(C)c1ccccc1. The number of rotatable bonds is 7. The molecule has 106 valence electrons. The van der Waals surface area contributed by atoms with E-state index in [1.165, 1.54) is 5.56 Å². The Morgan fingerprint density at radius 2 is 1.95 bits per heavy atom. The molecule has 0 bridgehead atoms. The Labute approximate surface area is 116 Å². The molecule has 19 heavy (non-hydrogen) atoms. The van der Waals surface area contributed by atoms with E-state index in [4.69, 9.17) is 4.74 Å². The molecule has 0 saturated heterocycles. The monoisotopic (exact) mass is 263 g/mol. The number of ether oxygens (including phenoxy) is 1. The minimum absolute atomic E-state index is 0.0512. The first kappa shape index (κ1) is 15.7. The van der Waals surface area contributed by atoms with Gasteiger partial charge in [-0.25, -0.2) is 0 Å². The summed E-state index contributed by atoms with van der Waals surface area (Å²) in [6, 6.07) is 10.4. The van der Waals surface area contributed by atoms with Gasteiger partial charge in [0.25, 0.3) is 0 Å². The molecule has 0 spiro atoms. The Hall–Kier alpha value is -1.35. The topological polar surface area (TPSA) is 38.3 Å². The van der Waals surface area contributed by atoms with Gasteiger partial charge in [0.15, 0.2) is 0 Å². The molecule has 3 nitrogen and oxygen atoms in total. The highest BCUT2D eigenvalue weighted by atomic mass is 16.5. The molecule has 0 radical (unpaired) electrons. The van der Waals surface area contributed by atoms with Crippen LogP contribution in [0.3, 0.4) is 0 Å². The molecular formula is C16H25NO2. The van der Waals surface area contributed by atoms with E-state index in [-0.39, 0.29) is 17.3 Å². The van der Waals surface area contributed by atoms with Crippen LogP contribution in [0.5, 0.6) is 0 Å². The molecule has 0 aliphatic heterocycles. The van der Waals surface area contributed by atoms with Gasteiger partial charge in [-0.2, -0.15) is 0 Å². The lowest BCUT2D eigenvalue weighted by molar-refractivity contribution is -0.147. The number of hydrogen-bond acceptors (Lipinski definition) is 3. The fraction of sp³-hybridized carbons (Fsp3) is 0.562. The summed E-state index contributed by atoms with van der Waals surface area (Å²) in [4.78, 5) is 11.5. The second-order valence-corrected chi connectivity index (χ2v) is 5.53. The molecule has 0 aliphatic carbocycles. The van der Waals surface area contributed by atoms with E-state index in [0.29, 0.717) is 13.2 Å². The lowest BCUT2D eigenvalue weighted by Gasteiger charge is -2.26. The molecule has 1 atom stereocenters. The third-order valence-corrected chi connectivity index (χ3v) is 3.26. The number of hydrogen-bond donors (Lipinski definition) is 1. The molecule has 1 aromatic rings. The third kappa shape index (κ3) is 5.03. The molecule has 1 N–H and O–H groups in total. The third-order valence-electron chi connectivity index (χ3n) is 3.26. The highest BCUT2D eigenvalue weighted by molar-refractivity contribution is 5.72. The summed E-state index contributed by atoms with van der Waals surface area (Å²) in [7, 11) is 0. The Kier molecular flexibility index (Phi) is 6.03. The molecule has 0 heterocycles. The molecule has 0 aromatic heterocycles. The van der Waals surface area contributed by atoms with E-state index in [1.54, 1.807) is 0 Å². The first-order valence-electron chi connectivity index (χ1n) is 6.90. The number of carbonyl (C=O) groups excluding carboxylic acids is 1. The van der Waals surface area contributed by atoms with Crippen molar-refractivity contribution in [1.29, 1.82) is 0 Å². The van der Waals surface area contributed by atoms with Crippen LogP contribution < -0.4 is 5.32 Å². The van der Waals surface area contributed by atoms with Crippen LogP contribution in [0.1, 0.15) is 33.3 Å². The standard InChI is InChI=1S/C16H25NO2/c1-5-19-15(18)13(2)11-17-12-16(3,4)14-9-7-6-8-10-14/h6-10,13,17H,5,11-12H2,1-4H3. The molecule has 1 unspecified atom stereocenters. The van der Waals surface area contributed by atoms with Crippen LogP contribution in [0.25, 0.3) is 0 Å². The molecule has 0 fully saturated rings. The molecule has 1 aromatic carbocycles. The summed E-state index contributed by atoms with van der Waals surface area (Å²) >= 11 is 0. The molecule has 1 rings (SSSR count). The maximum atomic E-state index is 11.5. The number of carbonyl (C=O) groups is 1. The summed E-state index contributed by atoms with van der Waals surface area (Å²) in [6.45, 7) is 10.0. The first-order valence-corrected chi connectivity index (χ1v) is 6.90. The van der Waals surface area contributed by atoms with Gasteiger partial charge in [-0.1, -0.05) is 51.1 Å². The Morgan fingerprint density at radius 1 is 1.32 bits per heavy atom. The van der Waals surface area contributed by atoms with E-state index >= 15 is 0 Å². The van der Waals surface area contributed by atoms with Crippen molar-refractivity contribution in [2.75, 3.05) is 19.7 Å². The maximum absolute atomic E-state index is 11.5. The number of esters is 1. The average molecular weight is 263 g/mol. The van der Waals surface area contributed by atoms with E-state index < -0.39 is 0 Å². The predicted octanol–water partition coefficient (Wildman–Crippen LogP) is 2.75. The van der Waals surface area contributed by atoms with Gasteiger partial charge in [0, 0.05) is 18.5 Å². The zero-order valence-corrected chi connectivity index (χ0v) is 12.4. The van der Waals surface area contributed by atoms with Crippen molar-refractivity contribution in [3.05, 3.63) is 35.9 Å². The second-order valence-electron chi connectivity index (χ2n) is 5.53. The molecule has 3 heteroatoms. The van der Waals surface area contributed by atoms with Crippen molar-refractivity contribution in [2.24, 2.45) is 5.92 Å². The zero-order valence-electron chi connectivity index (χ0n) is 12.4. The first-order chi connectivity index (χ1) is 8.97. The van der Waals surface area contributed by atoms with Gasteiger partial charge in [-0.15, -0.1) is 0 Å². The number of nitrogens with one attached hydrogen (secondary N) is 1. The average Bonchev–Trinajstić information content (AvgIpc) is 2.39. The zero-order chi connectivity index (χ0) is 14.3. The van der Waals surface area contributed by atoms with Gasteiger partial charge in [-0.3, -0.25) is 4.79 Å². The van der Waals surface area contributed by atoms with Crippen molar-refractivity contribution in [2.45, 2.75) is 33.1 Å². The lowest BCUT2D eigenvalue weighted by Crippen LogP contribution is -2.37. The quantitative estimate of drug-likeness (QED) is 0.769. The number of benzene rings is 1. The van der Waals surface area contributed by atoms with Gasteiger partial charge in [0.1, 0.15) is 0 Å². The fourth-order valence-electron chi connectivity index (χ4n) is 1.96. The van der Waals surface area contributed by atoms with Crippen molar-refractivity contribution in [3.63, 3.8) is 0 Å². The van der Waals surface area contributed by atoms with Crippen LogP contribution in [-0.2, 0) is 14.9 Å². The van der Waals surface area contributed by atoms with E-state index in [2.05, 4.69) is 43.4 Å². The van der Waals surface area contributed by atoms with E-state index in [9.17, 15) is 4.79 Å². The van der Waals surface area contributed by atoms with E-state index in [0.717, 1.165) is 6.54 Å². The summed E-state index contributed by atoms with van der Waals surface area (Å²) in [5, 5.41) is 3.36. The van der Waals surface area contributed by atoms with Gasteiger partial charge < -0.3 is 10.1 Å². The second kappa shape index (κ2) is 7.29. The summed E-state index contributed by atoms with van der Waals surface area (Å²) in [5.41, 5.74) is 1.35. The van der Waals surface area contributed by atoms with Crippen molar-refractivity contribution >= 4 is 5.97 Å². The van der Waals surface area contributed by atoms with Crippen LogP contribution in [0, 0.1) is 5.92 Å². The van der Waals surface area contributed by atoms with Crippen LogP contribution in [0.4, 0.5) is 0 Å². The van der Waals surface area contributed by atoms with Gasteiger partial charge in [0.2, 0.25) is 0 Å². The molecule has 0 aliphatic rings. The summed E-state index contributed by atoms with van der Waals surface area (Å²) in [5.74, 6) is -0.237. The highest BCUT2D eigenvalue weighted by Gasteiger charge is 2.21. The predicted molar refractivity (Wildman–Crippen MR) is 78.1 cm³/mol. The van der Waals surface area contributed by atoms with Gasteiger partial charge in [0.05, 0.1) is 12.5 Å². The Balaban J connectivity index is 2.42. The normalized spacial score (nSPS) is 13.1. The summed E-state index contributed by atoms with van der Waals surface area (Å²) in [6.07, 6.45) is 0. The molecule has 0 saturated carbocycles. The van der Waals surface area contributed by atoms with Crippen molar-refractivity contribution < 1.29 is 9.53 Å². The van der Waals surface area contributed by atoms with Gasteiger partial charge in [-0.05, 0) is 12.5 Å². The fourth-order valence-corrected chi connectivity index (χ4v) is 1.96. The lowest BCUT2D eigenvalue weighted by atomic mass is 9.84. The molecule has 0 amide bonds. The van der Waals surface area contributed by atoms with Crippen LogP contribution in [0.15, 0.2) is 30.3 Å². The van der Waals surface area contributed by atoms with Crippen LogP contribution in [0.2, 0.25) is 0 Å². The highest BCUT2D eigenvalue weighted by Crippen LogP contribution is 2.21. The minimum atomic E-state index is -0.132. The largest absolute Gasteiger partial charge is 0.466 e. The Morgan fingerprint density at radius 3 is 2.53 bits per heavy atom. The van der Waals surface area contributed by atoms with Crippen molar-refractivity contribution in [3.8, 4) is 0 Å². The maximum Gasteiger partial charge on any atom is 0.309 e. The van der Waals surface area contributed by atoms with Crippen LogP contribution in [-0.4, -0.2) is 25.7 Å². The molecular weight excluding hydrogens is 238 g/mol. The van der Waals surface area contributed by atoms with E-state index in [1.807, 2.05) is 19.9 Å². The minimum Gasteiger partial charge on any atom is -0.466 e. The summed E-state index contributed by atoms with van der Waals surface area (Å²) < 4.78 is 4.99. The van der Waals surface area contributed by atoms with Crippen LogP contribution >= 0.6 is 0 Å². The van der Waals surface area contributed by atoms with Crippen molar-refractivity contribution in [1.82, 2.24) is 5.32 Å². The smallest absolute Gasteiger partial charge is 0.309 e. The van der Waals surface area contributed by atoms with Gasteiger partial charge >= 0.3 is 5.97 Å². The Bertz CT molecular complexity index is 387.